The van der Waals surface area contributed by atoms with E-state index in [-0.39, 0.29) is 4.87 Å². The average Bonchev–Trinajstić information content (AvgIpc) is 2.28. The molecule has 1 N–H and O–H groups in total. The Morgan fingerprint density at radius 1 is 1.38 bits per heavy atom. The summed E-state index contributed by atoms with van der Waals surface area (Å²) in [6.45, 7) is 4.64. The third-order valence-corrected chi connectivity index (χ3v) is 4.66. The van der Waals surface area contributed by atoms with E-state index in [2.05, 4.69) is 61.3 Å². The fraction of sp³-hybridized carbons (Fsp3) is 0.571. The molecule has 1 aromatic carbocycles. The van der Waals surface area contributed by atoms with Gasteiger partial charge >= 0.3 is 0 Å². The van der Waals surface area contributed by atoms with Gasteiger partial charge in [-0.3, -0.25) is 0 Å². The van der Waals surface area contributed by atoms with Crippen LogP contribution in [-0.2, 0) is 6.42 Å². The molecule has 2 unspecified atom stereocenters. The second-order valence-corrected chi connectivity index (χ2v) is 6.50. The molecule has 0 amide bonds. The molecule has 16 heavy (non-hydrogen) atoms. The van der Waals surface area contributed by atoms with Crippen LogP contribution in [-0.4, -0.2) is 16.7 Å². The van der Waals surface area contributed by atoms with E-state index in [1.54, 1.807) is 0 Å². The van der Waals surface area contributed by atoms with Gasteiger partial charge in [-0.15, -0.1) is 11.8 Å². The average molecular weight is 235 g/mol. The highest BCUT2D eigenvalue weighted by Crippen LogP contribution is 2.32. The molecular formula is C14H21NS. The van der Waals surface area contributed by atoms with Gasteiger partial charge in [-0.25, -0.2) is 0 Å². The van der Waals surface area contributed by atoms with Crippen molar-refractivity contribution in [2.24, 2.45) is 0 Å². The summed E-state index contributed by atoms with van der Waals surface area (Å²) in [4.78, 5) is 0.271. The summed E-state index contributed by atoms with van der Waals surface area (Å²) in [5, 5.41) is 3.73. The summed E-state index contributed by atoms with van der Waals surface area (Å²) >= 11 is 2.08. The molecule has 0 aliphatic carbocycles. The predicted octanol–water partition coefficient (Wildman–Crippen LogP) is 3.45. The van der Waals surface area contributed by atoms with Crippen LogP contribution in [0, 0.1) is 0 Å². The van der Waals surface area contributed by atoms with Crippen LogP contribution in [0.25, 0.3) is 0 Å². The van der Waals surface area contributed by atoms with E-state index in [1.807, 2.05) is 0 Å². The molecule has 1 fully saturated rings. The first-order valence-corrected chi connectivity index (χ1v) is 7.12. The van der Waals surface area contributed by atoms with Gasteiger partial charge in [-0.05, 0) is 44.4 Å². The summed E-state index contributed by atoms with van der Waals surface area (Å²) in [6.07, 6.45) is 3.68. The minimum absolute atomic E-state index is 0.271. The molecule has 2 heteroatoms. The third kappa shape index (κ3) is 3.26. The van der Waals surface area contributed by atoms with Crippen molar-refractivity contribution in [3.05, 3.63) is 35.9 Å². The van der Waals surface area contributed by atoms with Crippen LogP contribution in [0.15, 0.2) is 30.3 Å². The zero-order valence-corrected chi connectivity index (χ0v) is 11.0. The standard InChI is InChI=1S/C14H21NS/c1-12-9-11-16-14(2,15-12)10-8-13-6-4-3-5-7-13/h3-7,12,15H,8-11H2,1-2H3. The number of benzene rings is 1. The monoisotopic (exact) mass is 235 g/mol. The van der Waals surface area contributed by atoms with Crippen molar-refractivity contribution in [3.8, 4) is 0 Å². The molecule has 0 spiro atoms. The summed E-state index contributed by atoms with van der Waals surface area (Å²) in [7, 11) is 0. The first-order valence-electron chi connectivity index (χ1n) is 6.13. The molecule has 0 aromatic heterocycles. The van der Waals surface area contributed by atoms with Crippen molar-refractivity contribution in [3.63, 3.8) is 0 Å². The van der Waals surface area contributed by atoms with Gasteiger partial charge < -0.3 is 5.32 Å². The van der Waals surface area contributed by atoms with Gasteiger partial charge in [0.2, 0.25) is 0 Å². The van der Waals surface area contributed by atoms with Gasteiger partial charge in [-0.1, -0.05) is 30.3 Å². The van der Waals surface area contributed by atoms with Gasteiger partial charge in [0.15, 0.2) is 0 Å². The molecule has 1 nitrogen and oxygen atoms in total. The molecule has 2 atom stereocenters. The highest BCUT2D eigenvalue weighted by molar-refractivity contribution is 8.00. The lowest BCUT2D eigenvalue weighted by Crippen LogP contribution is -2.48. The van der Waals surface area contributed by atoms with E-state index in [9.17, 15) is 0 Å². The van der Waals surface area contributed by atoms with Crippen molar-refractivity contribution >= 4 is 11.8 Å². The largest absolute Gasteiger partial charge is 0.300 e. The van der Waals surface area contributed by atoms with Crippen molar-refractivity contribution < 1.29 is 0 Å². The molecule has 2 rings (SSSR count). The van der Waals surface area contributed by atoms with Gasteiger partial charge in [0.1, 0.15) is 0 Å². The SMILES string of the molecule is CC1CCSC(C)(CCc2ccccc2)N1. The Hall–Kier alpha value is -0.470. The predicted molar refractivity (Wildman–Crippen MR) is 72.8 cm³/mol. The fourth-order valence-corrected chi connectivity index (χ4v) is 3.72. The van der Waals surface area contributed by atoms with E-state index in [0.29, 0.717) is 6.04 Å². The topological polar surface area (TPSA) is 12.0 Å². The summed E-state index contributed by atoms with van der Waals surface area (Å²) < 4.78 is 0. The van der Waals surface area contributed by atoms with Gasteiger partial charge in [0.05, 0.1) is 4.87 Å². The number of nitrogens with one attached hydrogen (secondary N) is 1. The Morgan fingerprint density at radius 2 is 2.12 bits per heavy atom. The van der Waals surface area contributed by atoms with E-state index in [0.717, 1.165) is 0 Å². The number of thioether (sulfide) groups is 1. The molecular weight excluding hydrogens is 214 g/mol. The number of hydrogen-bond acceptors (Lipinski definition) is 2. The Kier molecular flexibility index (Phi) is 3.93. The zero-order chi connectivity index (χ0) is 11.4. The molecule has 1 aliphatic rings. The molecule has 88 valence electrons. The highest BCUT2D eigenvalue weighted by Gasteiger charge is 2.29. The first-order chi connectivity index (χ1) is 7.68. The second kappa shape index (κ2) is 5.24. The van der Waals surface area contributed by atoms with Gasteiger partial charge in [0.25, 0.3) is 0 Å². The Balaban J connectivity index is 1.89. The number of hydrogen-bond donors (Lipinski definition) is 1. The van der Waals surface area contributed by atoms with E-state index in [1.165, 1.54) is 30.6 Å². The van der Waals surface area contributed by atoms with Crippen LogP contribution in [0.1, 0.15) is 32.3 Å². The quantitative estimate of drug-likeness (QED) is 0.861. The number of aryl methyl sites for hydroxylation is 1. The number of rotatable bonds is 3. The molecule has 1 heterocycles. The maximum Gasteiger partial charge on any atom is 0.0621 e. The fourth-order valence-electron chi connectivity index (χ4n) is 2.27. The van der Waals surface area contributed by atoms with Crippen LogP contribution >= 0.6 is 11.8 Å². The van der Waals surface area contributed by atoms with Crippen molar-refractivity contribution in [1.29, 1.82) is 0 Å². The summed E-state index contributed by atoms with van der Waals surface area (Å²) in [5.41, 5.74) is 1.45. The van der Waals surface area contributed by atoms with E-state index >= 15 is 0 Å². The van der Waals surface area contributed by atoms with Gasteiger partial charge in [0, 0.05) is 6.04 Å². The lowest BCUT2D eigenvalue weighted by molar-refractivity contribution is 0.390. The minimum Gasteiger partial charge on any atom is -0.300 e. The van der Waals surface area contributed by atoms with Crippen LogP contribution in [0.3, 0.4) is 0 Å². The molecule has 1 saturated heterocycles. The molecule has 0 bridgehead atoms. The molecule has 0 saturated carbocycles. The molecule has 0 radical (unpaired) electrons. The minimum atomic E-state index is 0.271. The maximum absolute atomic E-state index is 3.73. The normalized spacial score (nSPS) is 30.2. The molecule has 1 aromatic rings. The summed E-state index contributed by atoms with van der Waals surface area (Å²) in [6, 6.07) is 11.5. The lowest BCUT2D eigenvalue weighted by Gasteiger charge is -2.38. The third-order valence-electron chi connectivity index (χ3n) is 3.26. The summed E-state index contributed by atoms with van der Waals surface area (Å²) in [5.74, 6) is 1.29. The first kappa shape index (κ1) is 12.0. The van der Waals surface area contributed by atoms with Crippen molar-refractivity contribution in [1.82, 2.24) is 5.32 Å². The Morgan fingerprint density at radius 3 is 2.81 bits per heavy atom. The Bertz CT molecular complexity index is 325. The van der Waals surface area contributed by atoms with Crippen molar-refractivity contribution in [2.45, 2.75) is 44.0 Å². The highest BCUT2D eigenvalue weighted by atomic mass is 32.2. The van der Waals surface area contributed by atoms with Crippen LogP contribution < -0.4 is 5.32 Å². The Labute approximate surface area is 103 Å². The second-order valence-electron chi connectivity index (χ2n) is 4.90. The van der Waals surface area contributed by atoms with E-state index in [4.69, 9.17) is 0 Å². The van der Waals surface area contributed by atoms with Crippen LogP contribution in [0.4, 0.5) is 0 Å². The zero-order valence-electron chi connectivity index (χ0n) is 10.2. The molecule has 1 aliphatic heterocycles. The van der Waals surface area contributed by atoms with E-state index < -0.39 is 0 Å². The van der Waals surface area contributed by atoms with Crippen LogP contribution in [0.5, 0.6) is 0 Å². The maximum atomic E-state index is 3.73. The van der Waals surface area contributed by atoms with Crippen molar-refractivity contribution in [2.75, 3.05) is 5.75 Å². The smallest absolute Gasteiger partial charge is 0.0621 e. The van der Waals surface area contributed by atoms with Gasteiger partial charge in [-0.2, -0.15) is 0 Å². The van der Waals surface area contributed by atoms with Crippen LogP contribution in [0.2, 0.25) is 0 Å². The lowest BCUT2D eigenvalue weighted by atomic mass is 10.0.